The van der Waals surface area contributed by atoms with Gasteiger partial charge in [0.15, 0.2) is 0 Å². The van der Waals surface area contributed by atoms with Gasteiger partial charge in [0, 0.05) is 18.2 Å². The molecule has 31 heavy (non-hydrogen) atoms. The third kappa shape index (κ3) is 5.42. The Bertz CT molecular complexity index is 1180. The van der Waals surface area contributed by atoms with Crippen LogP contribution < -0.4 is 19.5 Å². The van der Waals surface area contributed by atoms with E-state index in [1.165, 1.54) is 26.4 Å². The van der Waals surface area contributed by atoms with Gasteiger partial charge in [0.2, 0.25) is 10.0 Å². The van der Waals surface area contributed by atoms with Crippen molar-refractivity contribution in [1.29, 1.82) is 0 Å². The third-order valence-corrected chi connectivity index (χ3v) is 6.13. The van der Waals surface area contributed by atoms with Gasteiger partial charge in [0.1, 0.15) is 11.5 Å². The first-order valence-corrected chi connectivity index (χ1v) is 11.0. The van der Waals surface area contributed by atoms with Crippen molar-refractivity contribution in [2.24, 2.45) is 0 Å². The van der Waals surface area contributed by atoms with Crippen molar-refractivity contribution in [3.63, 3.8) is 0 Å². The van der Waals surface area contributed by atoms with E-state index < -0.39 is 15.9 Å². The summed E-state index contributed by atoms with van der Waals surface area (Å²) in [7, 11) is -0.786. The summed E-state index contributed by atoms with van der Waals surface area (Å²) < 4.78 is 38.6. The molecule has 0 aliphatic carbocycles. The number of ether oxygens (including phenoxy) is 2. The third-order valence-electron chi connectivity index (χ3n) is 4.73. The van der Waals surface area contributed by atoms with Crippen LogP contribution >= 0.6 is 0 Å². The van der Waals surface area contributed by atoms with Crippen molar-refractivity contribution in [3.05, 3.63) is 83.4 Å². The van der Waals surface area contributed by atoms with Gasteiger partial charge in [0.05, 0.1) is 24.8 Å². The summed E-state index contributed by atoms with van der Waals surface area (Å²) in [6.07, 6.45) is 0. The summed E-state index contributed by atoms with van der Waals surface area (Å²) in [6, 6.07) is 18.7. The number of carbonyl (C=O) groups is 1. The zero-order valence-electron chi connectivity index (χ0n) is 17.5. The first-order valence-electron chi connectivity index (χ1n) is 9.51. The van der Waals surface area contributed by atoms with Crippen LogP contribution in [0, 0.1) is 6.92 Å². The smallest absolute Gasteiger partial charge is 0.256 e. The minimum Gasteiger partial charge on any atom is -0.497 e. The van der Waals surface area contributed by atoms with Crippen LogP contribution in [0.25, 0.3) is 0 Å². The van der Waals surface area contributed by atoms with E-state index in [0.29, 0.717) is 22.7 Å². The molecule has 7 nitrogen and oxygen atoms in total. The second-order valence-corrected chi connectivity index (χ2v) is 8.57. The number of benzene rings is 3. The molecule has 0 heterocycles. The number of aryl methyl sites for hydroxylation is 1. The molecule has 0 aliphatic rings. The fourth-order valence-corrected chi connectivity index (χ4v) is 4.02. The predicted molar refractivity (Wildman–Crippen MR) is 119 cm³/mol. The van der Waals surface area contributed by atoms with Crippen molar-refractivity contribution < 1.29 is 22.7 Å². The lowest BCUT2D eigenvalue weighted by Crippen LogP contribution is -2.24. The second kappa shape index (κ2) is 9.63. The lowest BCUT2D eigenvalue weighted by Gasteiger charge is -2.14. The second-order valence-electron chi connectivity index (χ2n) is 6.81. The number of methoxy groups -OCH3 is 2. The number of amides is 1. The van der Waals surface area contributed by atoms with E-state index in [4.69, 9.17) is 9.47 Å². The SMILES string of the molecule is COc1ccc(OC)c(NC(=O)c2cc(S(=O)(=O)NCc3ccccc3)ccc2C)c1. The minimum absolute atomic E-state index is 0.0109. The summed E-state index contributed by atoms with van der Waals surface area (Å²) in [5.74, 6) is 0.554. The zero-order chi connectivity index (χ0) is 22.4. The van der Waals surface area contributed by atoms with Crippen LogP contribution in [-0.2, 0) is 16.6 Å². The van der Waals surface area contributed by atoms with Crippen LogP contribution in [-0.4, -0.2) is 28.5 Å². The molecule has 0 fully saturated rings. The van der Waals surface area contributed by atoms with Crippen molar-refractivity contribution in [1.82, 2.24) is 4.72 Å². The Morgan fingerprint density at radius 3 is 2.35 bits per heavy atom. The van der Waals surface area contributed by atoms with Crippen molar-refractivity contribution in [2.45, 2.75) is 18.4 Å². The number of carbonyl (C=O) groups excluding carboxylic acids is 1. The molecule has 0 aliphatic heterocycles. The van der Waals surface area contributed by atoms with E-state index in [9.17, 15) is 13.2 Å². The molecule has 3 aromatic rings. The summed E-state index contributed by atoms with van der Waals surface area (Å²) in [5, 5.41) is 2.77. The van der Waals surface area contributed by atoms with Gasteiger partial charge in [-0.3, -0.25) is 4.79 Å². The molecule has 3 aromatic carbocycles. The highest BCUT2D eigenvalue weighted by Crippen LogP contribution is 2.29. The van der Waals surface area contributed by atoms with Crippen LogP contribution in [0.15, 0.2) is 71.6 Å². The molecule has 0 spiro atoms. The van der Waals surface area contributed by atoms with Gasteiger partial charge < -0.3 is 14.8 Å². The molecule has 0 bridgehead atoms. The maximum Gasteiger partial charge on any atom is 0.256 e. The number of hydrogen-bond acceptors (Lipinski definition) is 5. The Hall–Kier alpha value is -3.36. The monoisotopic (exact) mass is 440 g/mol. The Balaban J connectivity index is 1.84. The normalized spacial score (nSPS) is 11.1. The van der Waals surface area contributed by atoms with Gasteiger partial charge in [-0.25, -0.2) is 13.1 Å². The fourth-order valence-electron chi connectivity index (χ4n) is 2.97. The van der Waals surface area contributed by atoms with Gasteiger partial charge in [-0.1, -0.05) is 36.4 Å². The molecule has 3 rings (SSSR count). The number of rotatable bonds is 8. The van der Waals surface area contributed by atoms with E-state index in [1.807, 2.05) is 30.3 Å². The molecule has 162 valence electrons. The maximum atomic E-state index is 12.9. The van der Waals surface area contributed by atoms with Crippen molar-refractivity contribution in [3.8, 4) is 11.5 Å². The fraction of sp³-hybridized carbons (Fsp3) is 0.174. The molecular weight excluding hydrogens is 416 g/mol. The highest BCUT2D eigenvalue weighted by Gasteiger charge is 2.19. The topological polar surface area (TPSA) is 93.7 Å². The van der Waals surface area contributed by atoms with Crippen molar-refractivity contribution in [2.75, 3.05) is 19.5 Å². The Morgan fingerprint density at radius 2 is 1.68 bits per heavy atom. The van der Waals surface area contributed by atoms with Crippen LogP contribution in [0.3, 0.4) is 0 Å². The Morgan fingerprint density at radius 1 is 0.935 bits per heavy atom. The van der Waals surface area contributed by atoms with E-state index in [1.54, 1.807) is 31.2 Å². The molecule has 0 saturated carbocycles. The minimum atomic E-state index is -3.80. The standard InChI is InChI=1S/C23H24N2O5S/c1-16-9-11-19(31(27,28)24-15-17-7-5-4-6-8-17)14-20(16)23(26)25-21-13-18(29-2)10-12-22(21)30-3/h4-14,24H,15H2,1-3H3,(H,25,26). The number of hydrogen-bond donors (Lipinski definition) is 2. The lowest BCUT2D eigenvalue weighted by molar-refractivity contribution is 0.102. The first kappa shape index (κ1) is 22.3. The lowest BCUT2D eigenvalue weighted by atomic mass is 10.1. The molecular formula is C23H24N2O5S. The van der Waals surface area contributed by atoms with Gasteiger partial charge in [-0.15, -0.1) is 0 Å². The van der Waals surface area contributed by atoms with E-state index in [0.717, 1.165) is 5.56 Å². The summed E-state index contributed by atoms with van der Waals surface area (Å²) in [5.41, 5.74) is 2.14. The zero-order valence-corrected chi connectivity index (χ0v) is 18.3. The number of sulfonamides is 1. The molecule has 0 radical (unpaired) electrons. The van der Waals surface area contributed by atoms with Gasteiger partial charge >= 0.3 is 0 Å². The quantitative estimate of drug-likeness (QED) is 0.557. The highest BCUT2D eigenvalue weighted by molar-refractivity contribution is 7.89. The highest BCUT2D eigenvalue weighted by atomic mass is 32.2. The van der Waals surface area contributed by atoms with Crippen LogP contribution in [0.4, 0.5) is 5.69 Å². The molecule has 8 heteroatoms. The van der Waals surface area contributed by atoms with Crippen LogP contribution in [0.1, 0.15) is 21.5 Å². The molecule has 0 aromatic heterocycles. The van der Waals surface area contributed by atoms with E-state index in [-0.39, 0.29) is 17.0 Å². The first-order chi connectivity index (χ1) is 14.8. The molecule has 2 N–H and O–H groups in total. The largest absolute Gasteiger partial charge is 0.497 e. The predicted octanol–water partition coefficient (Wildman–Crippen LogP) is 3.74. The average Bonchev–Trinajstić information content (AvgIpc) is 2.78. The molecule has 0 atom stereocenters. The number of anilines is 1. The van der Waals surface area contributed by atoms with Gasteiger partial charge in [-0.2, -0.15) is 0 Å². The average molecular weight is 441 g/mol. The van der Waals surface area contributed by atoms with Gasteiger partial charge in [0.25, 0.3) is 5.91 Å². The summed E-state index contributed by atoms with van der Waals surface area (Å²) in [6.45, 7) is 1.89. The molecule has 1 amide bonds. The Labute approximate surface area is 182 Å². The van der Waals surface area contributed by atoms with Crippen LogP contribution in [0.2, 0.25) is 0 Å². The molecule has 0 unspecified atom stereocenters. The van der Waals surface area contributed by atoms with E-state index in [2.05, 4.69) is 10.0 Å². The molecule has 0 saturated heterocycles. The number of nitrogens with one attached hydrogen (secondary N) is 2. The van der Waals surface area contributed by atoms with E-state index >= 15 is 0 Å². The summed E-state index contributed by atoms with van der Waals surface area (Å²) >= 11 is 0. The van der Waals surface area contributed by atoms with Crippen LogP contribution in [0.5, 0.6) is 11.5 Å². The maximum absolute atomic E-state index is 12.9. The van der Waals surface area contributed by atoms with Crippen molar-refractivity contribution >= 4 is 21.6 Å². The van der Waals surface area contributed by atoms with Gasteiger partial charge in [-0.05, 0) is 42.3 Å². The Kier molecular flexibility index (Phi) is 6.94. The summed E-state index contributed by atoms with van der Waals surface area (Å²) in [4.78, 5) is 12.9.